The Morgan fingerprint density at radius 3 is 2.68 bits per heavy atom. The van der Waals surface area contributed by atoms with Crippen LogP contribution >= 0.6 is 11.6 Å². The molecule has 4 rings (SSSR count). The molecule has 2 aliphatic rings. The Bertz CT molecular complexity index is 884. The highest BCUT2D eigenvalue weighted by molar-refractivity contribution is 7.86. The highest BCUT2D eigenvalue weighted by Gasteiger charge is 2.60. The van der Waals surface area contributed by atoms with Crippen molar-refractivity contribution >= 4 is 21.7 Å². The van der Waals surface area contributed by atoms with Crippen LogP contribution in [-0.2, 0) is 14.3 Å². The standard InChI is InChI=1S/C18H19ClN2O3S/c1-12-2-5-14(6-3-12)25(22,23)24-18-8-15(16(18)10-20-11-18)13-4-7-17(19)21-9-13/h2-7,9,15-16,20H,8,10-11H2,1H3. The lowest BCUT2D eigenvalue weighted by Crippen LogP contribution is -2.55. The van der Waals surface area contributed by atoms with Gasteiger partial charge in [-0.25, -0.2) is 4.98 Å². The second-order valence-corrected chi connectivity index (χ2v) is 8.81. The van der Waals surface area contributed by atoms with E-state index in [9.17, 15) is 8.42 Å². The summed E-state index contributed by atoms with van der Waals surface area (Å²) in [5.41, 5.74) is 1.41. The van der Waals surface area contributed by atoms with Crippen LogP contribution in [0.1, 0.15) is 23.5 Å². The van der Waals surface area contributed by atoms with E-state index in [1.807, 2.05) is 13.0 Å². The number of nitrogens with zero attached hydrogens (tertiary/aromatic N) is 1. The Balaban J connectivity index is 1.56. The Kier molecular flexibility index (Phi) is 4.11. The second kappa shape index (κ2) is 6.06. The van der Waals surface area contributed by atoms with Crippen LogP contribution in [0.25, 0.3) is 0 Å². The lowest BCUT2D eigenvalue weighted by Gasteiger charge is -2.49. The number of pyridine rings is 1. The fourth-order valence-corrected chi connectivity index (χ4v) is 5.26. The monoisotopic (exact) mass is 378 g/mol. The average Bonchev–Trinajstić information content (AvgIpc) is 2.86. The van der Waals surface area contributed by atoms with Gasteiger partial charge in [0.2, 0.25) is 0 Å². The Hall–Kier alpha value is -1.47. The summed E-state index contributed by atoms with van der Waals surface area (Å²) < 4.78 is 31.1. The van der Waals surface area contributed by atoms with Crippen molar-refractivity contribution in [3.05, 3.63) is 58.9 Å². The molecular formula is C18H19ClN2O3S. The Morgan fingerprint density at radius 1 is 1.24 bits per heavy atom. The largest absolute Gasteiger partial charge is 0.313 e. The SMILES string of the molecule is Cc1ccc(S(=O)(=O)OC23CNCC2C(c2ccc(Cl)nc2)C3)cc1. The zero-order chi connectivity index (χ0) is 17.7. The number of nitrogens with one attached hydrogen (secondary N) is 1. The maximum atomic E-state index is 12.7. The van der Waals surface area contributed by atoms with Crippen molar-refractivity contribution < 1.29 is 12.6 Å². The number of aromatic nitrogens is 1. The smallest absolute Gasteiger partial charge is 0.297 e. The number of halogens is 1. The van der Waals surface area contributed by atoms with Crippen LogP contribution in [0.15, 0.2) is 47.5 Å². The van der Waals surface area contributed by atoms with Crippen molar-refractivity contribution in [3.8, 4) is 0 Å². The van der Waals surface area contributed by atoms with Crippen molar-refractivity contribution in [2.75, 3.05) is 13.1 Å². The molecule has 1 saturated heterocycles. The van der Waals surface area contributed by atoms with Gasteiger partial charge in [-0.3, -0.25) is 4.18 Å². The molecule has 25 heavy (non-hydrogen) atoms. The van der Waals surface area contributed by atoms with Crippen molar-refractivity contribution in [1.82, 2.24) is 10.3 Å². The van der Waals surface area contributed by atoms with Crippen LogP contribution in [0, 0.1) is 12.8 Å². The van der Waals surface area contributed by atoms with Gasteiger partial charge in [-0.1, -0.05) is 35.4 Å². The molecule has 0 bridgehead atoms. The summed E-state index contributed by atoms with van der Waals surface area (Å²) in [5.74, 6) is 0.337. The fraction of sp³-hybridized carbons (Fsp3) is 0.389. The number of hydrogen-bond donors (Lipinski definition) is 1. The molecule has 0 amide bonds. The molecule has 1 aromatic heterocycles. The lowest BCUT2D eigenvalue weighted by atomic mass is 9.61. The van der Waals surface area contributed by atoms with Crippen LogP contribution in [0.2, 0.25) is 5.15 Å². The lowest BCUT2D eigenvalue weighted by molar-refractivity contribution is -0.0471. The van der Waals surface area contributed by atoms with Crippen LogP contribution in [-0.4, -0.2) is 32.1 Å². The molecule has 0 radical (unpaired) electrons. The zero-order valence-electron chi connectivity index (χ0n) is 13.8. The minimum absolute atomic E-state index is 0.107. The van der Waals surface area contributed by atoms with Gasteiger partial charge in [0.1, 0.15) is 10.8 Å². The van der Waals surface area contributed by atoms with Gasteiger partial charge in [-0.05, 0) is 43.0 Å². The minimum Gasteiger partial charge on any atom is -0.313 e. The van der Waals surface area contributed by atoms with Crippen LogP contribution in [0.5, 0.6) is 0 Å². The maximum Gasteiger partial charge on any atom is 0.297 e. The third kappa shape index (κ3) is 2.97. The van der Waals surface area contributed by atoms with Crippen LogP contribution in [0.4, 0.5) is 0 Å². The average molecular weight is 379 g/mol. The first-order valence-corrected chi connectivity index (χ1v) is 10.0. The van der Waals surface area contributed by atoms with E-state index in [2.05, 4.69) is 10.3 Å². The van der Waals surface area contributed by atoms with Gasteiger partial charge in [0, 0.05) is 25.2 Å². The van der Waals surface area contributed by atoms with E-state index in [4.69, 9.17) is 15.8 Å². The molecule has 0 spiro atoms. The van der Waals surface area contributed by atoms with E-state index in [0.717, 1.165) is 17.7 Å². The van der Waals surface area contributed by atoms with E-state index in [1.165, 1.54) is 0 Å². The summed E-state index contributed by atoms with van der Waals surface area (Å²) in [6, 6.07) is 10.5. The number of fused-ring (bicyclic) bond motifs is 1. The molecule has 1 aromatic carbocycles. The normalized spacial score (nSPS) is 28.4. The number of benzene rings is 1. The molecule has 132 valence electrons. The quantitative estimate of drug-likeness (QED) is 0.654. The highest BCUT2D eigenvalue weighted by Crippen LogP contribution is 2.55. The van der Waals surface area contributed by atoms with E-state index in [0.29, 0.717) is 18.1 Å². The van der Waals surface area contributed by atoms with Gasteiger partial charge in [0.05, 0.1) is 4.90 Å². The minimum atomic E-state index is -3.79. The van der Waals surface area contributed by atoms with Gasteiger partial charge in [0.25, 0.3) is 10.1 Å². The summed E-state index contributed by atoms with van der Waals surface area (Å²) in [6.07, 6.45) is 2.42. The molecular weight excluding hydrogens is 360 g/mol. The van der Waals surface area contributed by atoms with Gasteiger partial charge in [-0.15, -0.1) is 0 Å². The molecule has 1 aliphatic carbocycles. The molecule has 2 heterocycles. The van der Waals surface area contributed by atoms with Crippen LogP contribution < -0.4 is 5.32 Å². The molecule has 1 N–H and O–H groups in total. The maximum absolute atomic E-state index is 12.7. The fourth-order valence-electron chi connectivity index (χ4n) is 3.90. The Morgan fingerprint density at radius 2 is 2.00 bits per heavy atom. The van der Waals surface area contributed by atoms with Gasteiger partial charge in [0.15, 0.2) is 0 Å². The van der Waals surface area contributed by atoms with E-state index >= 15 is 0 Å². The molecule has 2 aromatic rings. The summed E-state index contributed by atoms with van der Waals surface area (Å²) in [6.45, 7) is 3.19. The molecule has 1 aliphatic heterocycles. The first-order chi connectivity index (χ1) is 11.9. The summed E-state index contributed by atoms with van der Waals surface area (Å²) in [7, 11) is -3.79. The summed E-state index contributed by atoms with van der Waals surface area (Å²) >= 11 is 5.85. The molecule has 7 heteroatoms. The number of aryl methyl sites for hydroxylation is 1. The third-order valence-corrected chi connectivity index (χ3v) is 6.90. The van der Waals surface area contributed by atoms with Gasteiger partial charge < -0.3 is 5.32 Å². The Labute approximate surface area is 152 Å². The van der Waals surface area contributed by atoms with E-state index < -0.39 is 15.7 Å². The number of rotatable bonds is 4. The van der Waals surface area contributed by atoms with Crippen molar-refractivity contribution in [2.24, 2.45) is 5.92 Å². The zero-order valence-corrected chi connectivity index (χ0v) is 15.3. The summed E-state index contributed by atoms with van der Waals surface area (Å²) in [4.78, 5) is 4.34. The topological polar surface area (TPSA) is 68.3 Å². The van der Waals surface area contributed by atoms with Crippen LogP contribution in [0.3, 0.4) is 0 Å². The van der Waals surface area contributed by atoms with E-state index in [1.54, 1.807) is 36.5 Å². The first kappa shape index (κ1) is 17.0. The highest BCUT2D eigenvalue weighted by atomic mass is 35.5. The van der Waals surface area contributed by atoms with Crippen molar-refractivity contribution in [2.45, 2.75) is 29.8 Å². The first-order valence-electron chi connectivity index (χ1n) is 8.24. The van der Waals surface area contributed by atoms with Crippen molar-refractivity contribution in [1.29, 1.82) is 0 Å². The third-order valence-electron chi connectivity index (χ3n) is 5.28. The molecule has 1 saturated carbocycles. The van der Waals surface area contributed by atoms with Gasteiger partial charge >= 0.3 is 0 Å². The van der Waals surface area contributed by atoms with E-state index in [-0.39, 0.29) is 16.7 Å². The molecule has 2 fully saturated rings. The predicted molar refractivity (Wildman–Crippen MR) is 95.1 cm³/mol. The van der Waals surface area contributed by atoms with Crippen molar-refractivity contribution in [3.63, 3.8) is 0 Å². The van der Waals surface area contributed by atoms with Gasteiger partial charge in [-0.2, -0.15) is 8.42 Å². The number of hydrogen-bond acceptors (Lipinski definition) is 5. The second-order valence-electron chi connectivity index (χ2n) is 6.88. The molecule has 3 atom stereocenters. The molecule has 3 unspecified atom stereocenters. The molecule has 5 nitrogen and oxygen atoms in total. The predicted octanol–water partition coefficient (Wildman–Crippen LogP) is 2.89. The summed E-state index contributed by atoms with van der Waals surface area (Å²) in [5, 5.41) is 3.74.